The third-order valence-corrected chi connectivity index (χ3v) is 4.40. The molecule has 0 unspecified atom stereocenters. The molecule has 0 aliphatic heterocycles. The fourth-order valence-electron chi connectivity index (χ4n) is 2.22. The van der Waals surface area contributed by atoms with E-state index in [1.165, 1.54) is 0 Å². The van der Waals surface area contributed by atoms with Crippen molar-refractivity contribution in [2.45, 2.75) is 6.42 Å². The van der Waals surface area contributed by atoms with E-state index in [1.54, 1.807) is 11.8 Å². The number of hydrogen-bond acceptors (Lipinski definition) is 4. The van der Waals surface area contributed by atoms with Gasteiger partial charge in [0.1, 0.15) is 5.75 Å². The smallest absolute Gasteiger partial charge is 0.276 e. The van der Waals surface area contributed by atoms with Crippen LogP contribution in [0.3, 0.4) is 0 Å². The Kier molecular flexibility index (Phi) is 8.78. The number of benzene rings is 2. The maximum absolute atomic E-state index is 12.0. The Morgan fingerprint density at radius 2 is 1.81 bits per heavy atom. The molecule has 0 aromatic heterocycles. The SMILES string of the molecule is CSCCCNC(=S)NNC(=O)COc1ccccc1-c1ccccc1. The highest BCUT2D eigenvalue weighted by molar-refractivity contribution is 7.98. The number of carbonyl (C=O) groups is 1. The van der Waals surface area contributed by atoms with Gasteiger partial charge in [-0.3, -0.25) is 15.6 Å². The molecule has 3 N–H and O–H groups in total. The van der Waals surface area contributed by atoms with Gasteiger partial charge in [0.25, 0.3) is 5.91 Å². The maximum Gasteiger partial charge on any atom is 0.276 e. The average molecular weight is 390 g/mol. The van der Waals surface area contributed by atoms with Crippen molar-refractivity contribution < 1.29 is 9.53 Å². The molecule has 0 spiro atoms. The van der Waals surface area contributed by atoms with Crippen LogP contribution >= 0.6 is 24.0 Å². The first-order valence-electron chi connectivity index (χ1n) is 8.29. The summed E-state index contributed by atoms with van der Waals surface area (Å²) in [5, 5.41) is 3.42. The van der Waals surface area contributed by atoms with Crippen LogP contribution in [0.25, 0.3) is 11.1 Å². The molecule has 2 aromatic carbocycles. The van der Waals surface area contributed by atoms with Gasteiger partial charge in [-0.1, -0.05) is 48.5 Å². The zero-order chi connectivity index (χ0) is 18.6. The second-order valence-corrected chi connectivity index (χ2v) is 6.82. The summed E-state index contributed by atoms with van der Waals surface area (Å²) in [5.74, 6) is 1.42. The van der Waals surface area contributed by atoms with Crippen molar-refractivity contribution in [1.82, 2.24) is 16.2 Å². The Morgan fingerprint density at radius 3 is 2.58 bits per heavy atom. The van der Waals surface area contributed by atoms with Gasteiger partial charge in [0.15, 0.2) is 11.7 Å². The molecular formula is C19H23N3O2S2. The van der Waals surface area contributed by atoms with E-state index in [1.807, 2.05) is 54.6 Å². The fraction of sp³-hybridized carbons (Fsp3) is 0.263. The van der Waals surface area contributed by atoms with Crippen molar-refractivity contribution in [3.8, 4) is 16.9 Å². The van der Waals surface area contributed by atoms with Crippen molar-refractivity contribution in [3.05, 3.63) is 54.6 Å². The van der Waals surface area contributed by atoms with Gasteiger partial charge in [-0.15, -0.1) is 0 Å². The maximum atomic E-state index is 12.0. The highest BCUT2D eigenvalue weighted by Crippen LogP contribution is 2.29. The first-order chi connectivity index (χ1) is 12.7. The van der Waals surface area contributed by atoms with E-state index >= 15 is 0 Å². The number of carbonyl (C=O) groups excluding carboxylic acids is 1. The quantitative estimate of drug-likeness (QED) is 0.367. The van der Waals surface area contributed by atoms with Crippen LogP contribution < -0.4 is 20.9 Å². The standard InChI is InChI=1S/C19H23N3O2S2/c1-26-13-7-12-20-19(25)22-21-18(23)14-24-17-11-6-5-10-16(17)15-8-3-2-4-9-15/h2-6,8-11H,7,12-14H2,1H3,(H,21,23)(H2,20,22,25). The molecule has 0 saturated heterocycles. The van der Waals surface area contributed by atoms with Crippen molar-refractivity contribution in [2.24, 2.45) is 0 Å². The van der Waals surface area contributed by atoms with Crippen LogP contribution in [0.2, 0.25) is 0 Å². The Bertz CT molecular complexity index is 711. The van der Waals surface area contributed by atoms with Crippen LogP contribution in [-0.2, 0) is 4.79 Å². The summed E-state index contributed by atoms with van der Waals surface area (Å²) < 4.78 is 5.68. The number of hydrazine groups is 1. The van der Waals surface area contributed by atoms with Gasteiger partial charge in [-0.25, -0.2) is 0 Å². The van der Waals surface area contributed by atoms with Crippen LogP contribution in [0.5, 0.6) is 5.75 Å². The summed E-state index contributed by atoms with van der Waals surface area (Å²) in [6.07, 6.45) is 3.07. The van der Waals surface area contributed by atoms with Gasteiger partial charge >= 0.3 is 0 Å². The van der Waals surface area contributed by atoms with Gasteiger partial charge in [0.05, 0.1) is 0 Å². The molecule has 0 atom stereocenters. The van der Waals surface area contributed by atoms with Crippen LogP contribution in [0, 0.1) is 0 Å². The summed E-state index contributed by atoms with van der Waals surface area (Å²) in [4.78, 5) is 12.0. The molecule has 2 rings (SSSR count). The lowest BCUT2D eigenvalue weighted by atomic mass is 10.1. The lowest BCUT2D eigenvalue weighted by molar-refractivity contribution is -0.123. The Hall–Kier alpha value is -2.25. The number of nitrogens with one attached hydrogen (secondary N) is 3. The molecular weight excluding hydrogens is 366 g/mol. The van der Waals surface area contributed by atoms with Crippen molar-refractivity contribution in [3.63, 3.8) is 0 Å². The zero-order valence-electron chi connectivity index (χ0n) is 14.7. The molecule has 0 saturated carbocycles. The third-order valence-electron chi connectivity index (χ3n) is 3.46. The number of thioether (sulfide) groups is 1. The average Bonchev–Trinajstić information content (AvgIpc) is 2.69. The molecule has 0 aliphatic carbocycles. The summed E-state index contributed by atoms with van der Waals surface area (Å²) in [6.45, 7) is 0.662. The minimum Gasteiger partial charge on any atom is -0.483 e. The molecule has 0 fully saturated rings. The molecule has 0 aliphatic rings. The molecule has 0 radical (unpaired) electrons. The molecule has 26 heavy (non-hydrogen) atoms. The minimum atomic E-state index is -0.305. The normalized spacial score (nSPS) is 10.0. The van der Waals surface area contributed by atoms with Gasteiger partial charge in [0, 0.05) is 12.1 Å². The number of rotatable bonds is 8. The molecule has 7 heteroatoms. The van der Waals surface area contributed by atoms with Crippen LogP contribution in [-0.4, -0.2) is 36.2 Å². The largest absolute Gasteiger partial charge is 0.483 e. The molecule has 2 aromatic rings. The second kappa shape index (κ2) is 11.4. The fourth-order valence-corrected chi connectivity index (χ4v) is 2.80. The van der Waals surface area contributed by atoms with E-state index in [0.717, 1.165) is 29.8 Å². The monoisotopic (exact) mass is 389 g/mol. The summed E-state index contributed by atoms with van der Waals surface area (Å²) in [6, 6.07) is 17.5. The zero-order valence-corrected chi connectivity index (χ0v) is 16.3. The van der Waals surface area contributed by atoms with E-state index in [0.29, 0.717) is 10.9 Å². The highest BCUT2D eigenvalue weighted by atomic mass is 32.2. The van der Waals surface area contributed by atoms with Crippen molar-refractivity contribution in [1.29, 1.82) is 0 Å². The first-order valence-corrected chi connectivity index (χ1v) is 10.1. The lowest BCUT2D eigenvalue weighted by Gasteiger charge is -2.13. The number of para-hydroxylation sites is 1. The van der Waals surface area contributed by atoms with Crippen LogP contribution in [0.15, 0.2) is 54.6 Å². The lowest BCUT2D eigenvalue weighted by Crippen LogP contribution is -2.48. The van der Waals surface area contributed by atoms with E-state index < -0.39 is 0 Å². The third kappa shape index (κ3) is 6.93. The van der Waals surface area contributed by atoms with Gasteiger partial charge in [-0.2, -0.15) is 11.8 Å². The predicted octanol–water partition coefficient (Wildman–Crippen LogP) is 2.98. The summed E-state index contributed by atoms with van der Waals surface area (Å²) >= 11 is 6.89. The number of ether oxygens (including phenoxy) is 1. The topological polar surface area (TPSA) is 62.4 Å². The molecule has 0 heterocycles. The van der Waals surface area contributed by atoms with E-state index in [4.69, 9.17) is 17.0 Å². The van der Waals surface area contributed by atoms with Gasteiger partial charge in [-0.05, 0) is 42.3 Å². The first kappa shape index (κ1) is 20.1. The number of hydrogen-bond donors (Lipinski definition) is 3. The Balaban J connectivity index is 1.79. The Labute approximate surface area is 163 Å². The van der Waals surface area contributed by atoms with Crippen molar-refractivity contribution in [2.75, 3.05) is 25.2 Å². The number of thiocarbonyl (C=S) groups is 1. The number of amides is 1. The van der Waals surface area contributed by atoms with Crippen molar-refractivity contribution >= 4 is 35.0 Å². The second-order valence-electron chi connectivity index (χ2n) is 5.43. The van der Waals surface area contributed by atoms with E-state index in [9.17, 15) is 4.79 Å². The molecule has 5 nitrogen and oxygen atoms in total. The van der Waals surface area contributed by atoms with Crippen LogP contribution in [0.4, 0.5) is 0 Å². The summed E-state index contributed by atoms with van der Waals surface area (Å²) in [7, 11) is 0. The molecule has 1 amide bonds. The van der Waals surface area contributed by atoms with E-state index in [-0.39, 0.29) is 12.5 Å². The van der Waals surface area contributed by atoms with Gasteiger partial charge in [0.2, 0.25) is 0 Å². The Morgan fingerprint density at radius 1 is 1.08 bits per heavy atom. The predicted molar refractivity (Wildman–Crippen MR) is 112 cm³/mol. The highest BCUT2D eigenvalue weighted by Gasteiger charge is 2.08. The molecule has 0 bridgehead atoms. The molecule has 138 valence electrons. The van der Waals surface area contributed by atoms with E-state index in [2.05, 4.69) is 22.4 Å². The summed E-state index contributed by atoms with van der Waals surface area (Å²) in [5.41, 5.74) is 7.19. The van der Waals surface area contributed by atoms with Crippen LogP contribution in [0.1, 0.15) is 6.42 Å². The minimum absolute atomic E-state index is 0.105. The van der Waals surface area contributed by atoms with Gasteiger partial charge < -0.3 is 10.1 Å².